The molecule has 0 unspecified atom stereocenters. The summed E-state index contributed by atoms with van der Waals surface area (Å²) in [5.74, 6) is 3.26. The van der Waals surface area contributed by atoms with Crippen LogP contribution in [0.25, 0.3) is 0 Å². The van der Waals surface area contributed by atoms with Crippen LogP contribution in [-0.2, 0) is 9.53 Å². The van der Waals surface area contributed by atoms with E-state index >= 15 is 0 Å². The predicted octanol–water partition coefficient (Wildman–Crippen LogP) is 4.56. The standard InChI is InChI=1S/C25H44N4O2.2ClH/c1-24-11-3-5-19(24)18-8-7-16-15-17(9-13-25(16,2)20(18)10-12-24)31-22(30)21(26)6-4-14-29-23(27)28;;/h16-21H,3-15,26H2,1-2H3,(H4,27,28,29);2*1H/t16-,17-,18+,19+,20+,21+,24+,25+;;/m1../s1. The van der Waals surface area contributed by atoms with E-state index in [-0.39, 0.29) is 42.8 Å². The van der Waals surface area contributed by atoms with Gasteiger partial charge in [0.15, 0.2) is 5.96 Å². The molecular formula is C25H46Cl2N4O2. The number of guanidine groups is 1. The number of ether oxygens (including phenoxy) is 1. The lowest BCUT2D eigenvalue weighted by Crippen LogP contribution is -2.53. The molecule has 33 heavy (non-hydrogen) atoms. The van der Waals surface area contributed by atoms with Crippen molar-refractivity contribution >= 4 is 36.7 Å². The number of carbonyl (C=O) groups is 1. The van der Waals surface area contributed by atoms with Crippen molar-refractivity contribution in [3.63, 3.8) is 0 Å². The number of aliphatic imine (C=N–C) groups is 1. The van der Waals surface area contributed by atoms with Crippen LogP contribution < -0.4 is 17.2 Å². The lowest BCUT2D eigenvalue weighted by atomic mass is 9.45. The molecule has 0 bridgehead atoms. The highest BCUT2D eigenvalue weighted by molar-refractivity contribution is 5.85. The average molecular weight is 506 g/mol. The van der Waals surface area contributed by atoms with Crippen molar-refractivity contribution in [1.29, 1.82) is 0 Å². The Labute approximate surface area is 212 Å². The minimum atomic E-state index is -0.586. The summed E-state index contributed by atoms with van der Waals surface area (Å²) in [7, 11) is 0. The summed E-state index contributed by atoms with van der Waals surface area (Å²) in [6.07, 6.45) is 14.4. The van der Waals surface area contributed by atoms with Gasteiger partial charge in [-0.2, -0.15) is 0 Å². The minimum Gasteiger partial charge on any atom is -0.461 e. The van der Waals surface area contributed by atoms with Crippen molar-refractivity contribution < 1.29 is 9.53 Å². The van der Waals surface area contributed by atoms with Gasteiger partial charge in [0, 0.05) is 6.54 Å². The van der Waals surface area contributed by atoms with E-state index < -0.39 is 6.04 Å². The molecule has 4 saturated carbocycles. The molecule has 0 aromatic carbocycles. The van der Waals surface area contributed by atoms with Crippen molar-refractivity contribution in [3.05, 3.63) is 0 Å². The molecule has 4 fully saturated rings. The van der Waals surface area contributed by atoms with E-state index in [4.69, 9.17) is 21.9 Å². The molecule has 0 saturated heterocycles. The molecule has 0 radical (unpaired) electrons. The van der Waals surface area contributed by atoms with Crippen LogP contribution in [0.3, 0.4) is 0 Å². The number of esters is 1. The van der Waals surface area contributed by atoms with Crippen LogP contribution >= 0.6 is 24.8 Å². The zero-order valence-corrected chi connectivity index (χ0v) is 22.1. The van der Waals surface area contributed by atoms with E-state index in [1.807, 2.05) is 0 Å². The molecule has 8 heteroatoms. The second-order valence-electron chi connectivity index (χ2n) is 11.6. The number of nitrogens with zero attached hydrogens (tertiary/aromatic N) is 1. The van der Waals surface area contributed by atoms with Gasteiger partial charge in [0.1, 0.15) is 12.1 Å². The molecule has 4 aliphatic rings. The lowest BCUT2D eigenvalue weighted by Gasteiger charge is -2.60. The molecule has 192 valence electrons. The number of halogens is 2. The van der Waals surface area contributed by atoms with E-state index in [9.17, 15) is 4.79 Å². The Bertz CT molecular complexity index is 704. The second kappa shape index (κ2) is 11.3. The largest absolute Gasteiger partial charge is 0.461 e. The topological polar surface area (TPSA) is 117 Å². The maximum atomic E-state index is 12.5. The van der Waals surface area contributed by atoms with Crippen molar-refractivity contribution in [2.75, 3.05) is 6.54 Å². The molecule has 6 N–H and O–H groups in total. The second-order valence-corrected chi connectivity index (χ2v) is 11.6. The van der Waals surface area contributed by atoms with Gasteiger partial charge < -0.3 is 21.9 Å². The van der Waals surface area contributed by atoms with E-state index in [0.29, 0.717) is 36.1 Å². The predicted molar refractivity (Wildman–Crippen MR) is 139 cm³/mol. The Morgan fingerprint density at radius 1 is 1.03 bits per heavy atom. The molecule has 4 aliphatic carbocycles. The minimum absolute atomic E-state index is 0. The highest BCUT2D eigenvalue weighted by atomic mass is 35.5. The average Bonchev–Trinajstić information content (AvgIpc) is 3.13. The Hall–Kier alpha value is -0.720. The molecule has 0 spiro atoms. The number of rotatable bonds is 6. The molecule has 6 nitrogen and oxygen atoms in total. The summed E-state index contributed by atoms with van der Waals surface area (Å²) in [5.41, 5.74) is 17.8. The van der Waals surface area contributed by atoms with E-state index in [0.717, 1.165) is 30.6 Å². The molecule has 0 aromatic rings. The van der Waals surface area contributed by atoms with E-state index in [1.54, 1.807) is 0 Å². The SMILES string of the molecule is C[C@@]12CCC[C@H]1[C@@H]1CC[C@@H]3C[C@H](OC(=O)[C@@H](N)CCCN=C(N)N)CC[C@]3(C)[C@H]1CC2.Cl.Cl. The Kier molecular flexibility index (Phi) is 9.80. The van der Waals surface area contributed by atoms with Gasteiger partial charge in [0.25, 0.3) is 0 Å². The Morgan fingerprint density at radius 3 is 2.52 bits per heavy atom. The fourth-order valence-corrected chi connectivity index (χ4v) is 8.21. The maximum Gasteiger partial charge on any atom is 0.323 e. The van der Waals surface area contributed by atoms with Crippen LogP contribution in [0.2, 0.25) is 0 Å². The van der Waals surface area contributed by atoms with Crippen LogP contribution in [0.5, 0.6) is 0 Å². The molecule has 0 aliphatic heterocycles. The van der Waals surface area contributed by atoms with Gasteiger partial charge in [-0.05, 0) is 105 Å². The fourth-order valence-electron chi connectivity index (χ4n) is 8.21. The van der Waals surface area contributed by atoms with Crippen LogP contribution in [0.4, 0.5) is 0 Å². The third-order valence-corrected chi connectivity index (χ3v) is 9.95. The fraction of sp³-hybridized carbons (Fsp3) is 0.920. The van der Waals surface area contributed by atoms with Crippen LogP contribution in [-0.4, -0.2) is 30.6 Å². The molecule has 0 amide bonds. The van der Waals surface area contributed by atoms with Crippen molar-refractivity contribution in [2.45, 2.75) is 103 Å². The highest BCUT2D eigenvalue weighted by Crippen LogP contribution is 2.66. The summed E-state index contributed by atoms with van der Waals surface area (Å²) in [4.78, 5) is 16.5. The van der Waals surface area contributed by atoms with Gasteiger partial charge in [-0.25, -0.2) is 0 Å². The molecule has 0 aromatic heterocycles. The number of hydrogen-bond donors (Lipinski definition) is 3. The monoisotopic (exact) mass is 504 g/mol. The first-order chi connectivity index (χ1) is 14.7. The molecule has 0 heterocycles. The molecule has 8 atom stereocenters. The van der Waals surface area contributed by atoms with Gasteiger partial charge in [-0.3, -0.25) is 9.79 Å². The summed E-state index contributed by atoms with van der Waals surface area (Å²) < 4.78 is 5.90. The van der Waals surface area contributed by atoms with Gasteiger partial charge in [-0.1, -0.05) is 20.3 Å². The summed E-state index contributed by atoms with van der Waals surface area (Å²) in [5, 5.41) is 0. The van der Waals surface area contributed by atoms with Gasteiger partial charge in [-0.15, -0.1) is 24.8 Å². The first kappa shape index (κ1) is 28.5. The quantitative estimate of drug-likeness (QED) is 0.212. The van der Waals surface area contributed by atoms with E-state index in [2.05, 4.69) is 18.8 Å². The zero-order valence-electron chi connectivity index (χ0n) is 20.5. The van der Waals surface area contributed by atoms with Crippen molar-refractivity contribution in [2.24, 2.45) is 56.7 Å². The number of nitrogens with two attached hydrogens (primary N) is 3. The lowest BCUT2D eigenvalue weighted by molar-refractivity contribution is -0.163. The van der Waals surface area contributed by atoms with Crippen LogP contribution in [0, 0.1) is 34.5 Å². The zero-order chi connectivity index (χ0) is 22.2. The third-order valence-electron chi connectivity index (χ3n) is 9.95. The normalized spacial score (nSPS) is 40.0. The first-order valence-corrected chi connectivity index (χ1v) is 12.7. The van der Waals surface area contributed by atoms with Crippen LogP contribution in [0.1, 0.15) is 90.9 Å². The molecule has 4 rings (SSSR count). The first-order valence-electron chi connectivity index (χ1n) is 12.7. The number of carbonyl (C=O) groups excluding carboxylic acids is 1. The van der Waals surface area contributed by atoms with Crippen molar-refractivity contribution in [3.8, 4) is 0 Å². The maximum absolute atomic E-state index is 12.5. The summed E-state index contributed by atoms with van der Waals surface area (Å²) >= 11 is 0. The summed E-state index contributed by atoms with van der Waals surface area (Å²) in [6.45, 7) is 5.64. The Balaban J connectivity index is 0.00000193. The third kappa shape index (κ3) is 5.75. The van der Waals surface area contributed by atoms with Crippen LogP contribution in [0.15, 0.2) is 4.99 Å². The van der Waals surface area contributed by atoms with Gasteiger partial charge in [0.05, 0.1) is 0 Å². The van der Waals surface area contributed by atoms with Gasteiger partial charge in [0.2, 0.25) is 0 Å². The summed E-state index contributed by atoms with van der Waals surface area (Å²) in [6, 6.07) is -0.586. The van der Waals surface area contributed by atoms with E-state index in [1.165, 1.54) is 51.4 Å². The smallest absolute Gasteiger partial charge is 0.323 e. The number of hydrogen-bond acceptors (Lipinski definition) is 4. The highest BCUT2D eigenvalue weighted by Gasteiger charge is 2.58. The Morgan fingerprint density at radius 2 is 1.79 bits per heavy atom. The van der Waals surface area contributed by atoms with Gasteiger partial charge >= 0.3 is 5.97 Å². The van der Waals surface area contributed by atoms with Crippen molar-refractivity contribution in [1.82, 2.24) is 0 Å². The number of fused-ring (bicyclic) bond motifs is 5. The molecular weight excluding hydrogens is 459 g/mol.